The van der Waals surface area contributed by atoms with Gasteiger partial charge in [-0.1, -0.05) is 0 Å². The van der Waals surface area contributed by atoms with Gasteiger partial charge in [0.15, 0.2) is 0 Å². The molecule has 176 valence electrons. The molecule has 0 aromatic carbocycles. The van der Waals surface area contributed by atoms with Crippen LogP contribution in [0.15, 0.2) is 0 Å². The van der Waals surface area contributed by atoms with E-state index in [4.69, 9.17) is 21.7 Å². The maximum Gasteiger partial charge on any atom is 0.327 e. The van der Waals surface area contributed by atoms with Gasteiger partial charge in [0.05, 0.1) is 18.9 Å². The van der Waals surface area contributed by atoms with Crippen molar-refractivity contribution in [1.82, 2.24) is 16.0 Å². The second-order valence-electron chi connectivity index (χ2n) is 6.36. The molecule has 31 heavy (non-hydrogen) atoms. The fourth-order valence-electron chi connectivity index (χ4n) is 2.18. The first kappa shape index (κ1) is 28.5. The van der Waals surface area contributed by atoms with Crippen LogP contribution in [-0.4, -0.2) is 87.7 Å². The summed E-state index contributed by atoms with van der Waals surface area (Å²) >= 11 is 5.23. The Morgan fingerprint density at radius 1 is 0.903 bits per heavy atom. The smallest absolute Gasteiger partial charge is 0.327 e. The average Bonchev–Trinajstić information content (AvgIpc) is 2.67. The molecule has 4 unspecified atom stereocenters. The first-order valence-electron chi connectivity index (χ1n) is 8.92. The van der Waals surface area contributed by atoms with Crippen LogP contribution < -0.4 is 27.4 Å². The van der Waals surface area contributed by atoms with E-state index in [0.29, 0.717) is 12.2 Å². The molecule has 0 saturated heterocycles. The van der Waals surface area contributed by atoms with Crippen molar-refractivity contribution < 1.29 is 39.0 Å². The lowest BCUT2D eigenvalue weighted by molar-refractivity contribution is -0.143. The Kier molecular flexibility index (Phi) is 13.3. The van der Waals surface area contributed by atoms with Gasteiger partial charge in [0.25, 0.3) is 0 Å². The van der Waals surface area contributed by atoms with Crippen molar-refractivity contribution in [1.29, 1.82) is 0 Å². The standard InChI is InChI=1S/C16H27N5O8S2/c1-31-3-2-7(17)13(25)19-8(4-11(18)22)14(26)20-9(5-12(23)24)15(27)21-10(6-30)16(28)29/h7-10,30H,2-6,17H2,1H3,(H2,18,22)(H,19,25)(H,20,26)(H,21,27)(H,23,24)(H,28,29). The van der Waals surface area contributed by atoms with Gasteiger partial charge in [-0.3, -0.25) is 24.0 Å². The van der Waals surface area contributed by atoms with Gasteiger partial charge in [-0.2, -0.15) is 24.4 Å². The van der Waals surface area contributed by atoms with Crippen LogP contribution in [0.2, 0.25) is 0 Å². The molecule has 0 radical (unpaired) electrons. The minimum Gasteiger partial charge on any atom is -0.481 e. The van der Waals surface area contributed by atoms with Crippen molar-refractivity contribution in [3.8, 4) is 0 Å². The van der Waals surface area contributed by atoms with Gasteiger partial charge >= 0.3 is 11.9 Å². The molecule has 0 aliphatic rings. The van der Waals surface area contributed by atoms with E-state index in [0.717, 1.165) is 0 Å². The van der Waals surface area contributed by atoms with Crippen molar-refractivity contribution in [2.75, 3.05) is 17.8 Å². The summed E-state index contributed by atoms with van der Waals surface area (Å²) < 4.78 is 0. The zero-order valence-corrected chi connectivity index (χ0v) is 18.4. The van der Waals surface area contributed by atoms with Gasteiger partial charge in [-0.05, 0) is 18.4 Å². The highest BCUT2D eigenvalue weighted by molar-refractivity contribution is 7.98. The van der Waals surface area contributed by atoms with Crippen LogP contribution in [0.1, 0.15) is 19.3 Å². The van der Waals surface area contributed by atoms with Crippen LogP contribution in [-0.2, 0) is 28.8 Å². The topological polar surface area (TPSA) is 231 Å². The van der Waals surface area contributed by atoms with Crippen molar-refractivity contribution in [2.45, 2.75) is 43.4 Å². The Morgan fingerprint density at radius 2 is 1.39 bits per heavy atom. The predicted octanol–water partition coefficient (Wildman–Crippen LogP) is -3.11. The second kappa shape index (κ2) is 14.5. The largest absolute Gasteiger partial charge is 0.481 e. The first-order valence-corrected chi connectivity index (χ1v) is 10.9. The van der Waals surface area contributed by atoms with E-state index < -0.39 is 72.6 Å². The summed E-state index contributed by atoms with van der Waals surface area (Å²) in [6, 6.07) is -5.61. The fraction of sp³-hybridized carbons (Fsp3) is 0.625. The number of hydrogen-bond acceptors (Lipinski definition) is 9. The van der Waals surface area contributed by atoms with Crippen LogP contribution in [0.3, 0.4) is 0 Å². The van der Waals surface area contributed by atoms with Gasteiger partial charge in [-0.25, -0.2) is 4.79 Å². The van der Waals surface area contributed by atoms with E-state index in [1.54, 1.807) is 0 Å². The SMILES string of the molecule is CSCCC(N)C(=O)NC(CC(N)=O)C(=O)NC(CC(=O)O)C(=O)NC(CS)C(=O)O. The monoisotopic (exact) mass is 481 g/mol. The van der Waals surface area contributed by atoms with Gasteiger partial charge in [-0.15, -0.1) is 0 Å². The molecule has 0 bridgehead atoms. The summed E-state index contributed by atoms with van der Waals surface area (Å²) in [5.74, 6) is -6.45. The lowest BCUT2D eigenvalue weighted by Gasteiger charge is -2.23. The molecule has 0 aliphatic carbocycles. The molecule has 4 amide bonds. The molecule has 0 saturated carbocycles. The van der Waals surface area contributed by atoms with Crippen molar-refractivity contribution in [3.63, 3.8) is 0 Å². The number of nitrogens with two attached hydrogens (primary N) is 2. The van der Waals surface area contributed by atoms with Crippen molar-refractivity contribution in [2.24, 2.45) is 11.5 Å². The number of thioether (sulfide) groups is 1. The number of nitrogens with one attached hydrogen (secondary N) is 3. The maximum absolute atomic E-state index is 12.6. The summed E-state index contributed by atoms with van der Waals surface area (Å²) in [5.41, 5.74) is 10.8. The van der Waals surface area contributed by atoms with E-state index in [-0.39, 0.29) is 5.75 Å². The van der Waals surface area contributed by atoms with E-state index in [1.807, 2.05) is 11.6 Å². The highest BCUT2D eigenvalue weighted by Crippen LogP contribution is 2.03. The summed E-state index contributed by atoms with van der Waals surface area (Å²) in [6.45, 7) is 0. The Bertz CT molecular complexity index is 693. The number of hydrogen-bond donors (Lipinski definition) is 8. The number of aliphatic carboxylic acids is 2. The maximum atomic E-state index is 12.6. The molecule has 15 heteroatoms. The Hall–Kier alpha value is -2.52. The van der Waals surface area contributed by atoms with Crippen LogP contribution in [0.5, 0.6) is 0 Å². The molecule has 0 heterocycles. The average molecular weight is 482 g/mol. The van der Waals surface area contributed by atoms with Gasteiger partial charge in [0.2, 0.25) is 23.6 Å². The quantitative estimate of drug-likeness (QED) is 0.110. The molecule has 0 fully saturated rings. The number of primary amides is 1. The highest BCUT2D eigenvalue weighted by Gasteiger charge is 2.32. The van der Waals surface area contributed by atoms with Crippen LogP contribution in [0.4, 0.5) is 0 Å². The Labute approximate surface area is 187 Å². The van der Waals surface area contributed by atoms with Gasteiger partial charge in [0.1, 0.15) is 18.1 Å². The lowest BCUT2D eigenvalue weighted by Crippen LogP contribution is -2.58. The third-order valence-corrected chi connectivity index (χ3v) is 4.83. The molecule has 0 rings (SSSR count). The van der Waals surface area contributed by atoms with Crippen molar-refractivity contribution in [3.05, 3.63) is 0 Å². The van der Waals surface area contributed by atoms with Crippen LogP contribution in [0, 0.1) is 0 Å². The summed E-state index contributed by atoms with van der Waals surface area (Å²) in [4.78, 5) is 70.4. The Balaban J connectivity index is 5.41. The molecule has 0 aromatic rings. The zero-order valence-electron chi connectivity index (χ0n) is 16.7. The molecule has 9 N–H and O–H groups in total. The zero-order chi connectivity index (χ0) is 24.1. The van der Waals surface area contributed by atoms with E-state index >= 15 is 0 Å². The molecule has 0 aliphatic heterocycles. The number of amides is 4. The number of carbonyl (C=O) groups is 6. The third kappa shape index (κ3) is 11.4. The fourth-order valence-corrected chi connectivity index (χ4v) is 2.92. The lowest BCUT2D eigenvalue weighted by atomic mass is 10.1. The van der Waals surface area contributed by atoms with E-state index in [1.165, 1.54) is 11.8 Å². The normalized spacial score (nSPS) is 14.4. The third-order valence-electron chi connectivity index (χ3n) is 3.82. The molecule has 4 atom stereocenters. The number of carboxylic acids is 2. The molecule has 0 aromatic heterocycles. The van der Waals surface area contributed by atoms with Gasteiger partial charge < -0.3 is 37.6 Å². The van der Waals surface area contributed by atoms with Crippen molar-refractivity contribution >= 4 is 60.0 Å². The number of rotatable bonds is 15. The predicted molar refractivity (Wildman–Crippen MR) is 114 cm³/mol. The van der Waals surface area contributed by atoms with Crippen LogP contribution >= 0.6 is 24.4 Å². The minimum absolute atomic E-state index is 0.289. The minimum atomic E-state index is -1.69. The second-order valence-corrected chi connectivity index (χ2v) is 7.71. The number of carboxylic acid groups (broad SMARTS) is 2. The molecule has 0 spiro atoms. The highest BCUT2D eigenvalue weighted by atomic mass is 32.2. The number of thiol groups is 1. The summed E-state index contributed by atoms with van der Waals surface area (Å²) in [5, 5.41) is 24.4. The molecule has 13 nitrogen and oxygen atoms in total. The Morgan fingerprint density at radius 3 is 1.81 bits per heavy atom. The molecular formula is C16H27N5O8S2. The van der Waals surface area contributed by atoms with Gasteiger partial charge in [0, 0.05) is 5.75 Å². The van der Waals surface area contributed by atoms with E-state index in [9.17, 15) is 28.8 Å². The van der Waals surface area contributed by atoms with Crippen LogP contribution in [0.25, 0.3) is 0 Å². The summed E-state index contributed by atoms with van der Waals surface area (Å²) in [6.07, 6.45) is 0.579. The van der Waals surface area contributed by atoms with E-state index in [2.05, 4.69) is 23.3 Å². The first-order chi connectivity index (χ1) is 14.4. The number of carbonyl (C=O) groups excluding carboxylic acids is 4. The molecular weight excluding hydrogens is 454 g/mol. The summed E-state index contributed by atoms with van der Waals surface area (Å²) in [7, 11) is 0.